The second-order valence-corrected chi connectivity index (χ2v) is 6.15. The molecule has 0 saturated heterocycles. The second-order valence-electron chi connectivity index (χ2n) is 4.57. The summed E-state index contributed by atoms with van der Waals surface area (Å²) in [5.41, 5.74) is 0.766. The number of nitrogens with one attached hydrogen (secondary N) is 1. The average Bonchev–Trinajstić information content (AvgIpc) is 2.82. The Bertz CT molecular complexity index is 292. The fourth-order valence-corrected chi connectivity index (χ4v) is 3.51. The van der Waals surface area contributed by atoms with Gasteiger partial charge in [0.05, 0.1) is 7.11 Å². The monoisotopic (exact) mass is 271 g/mol. The quantitative estimate of drug-likeness (QED) is 0.571. The summed E-state index contributed by atoms with van der Waals surface area (Å²) in [5, 5.41) is 4.34. The maximum absolute atomic E-state index is 11.4. The molecule has 1 saturated carbocycles. The molecule has 2 atom stereocenters. The van der Waals surface area contributed by atoms with Crippen LogP contribution in [-0.2, 0) is 9.53 Å². The minimum atomic E-state index is -0.204. The summed E-state index contributed by atoms with van der Waals surface area (Å²) in [6.07, 6.45) is 6.52. The summed E-state index contributed by atoms with van der Waals surface area (Å²) in [6.45, 7) is 4.97. The van der Waals surface area contributed by atoms with Crippen molar-refractivity contribution < 1.29 is 9.53 Å². The molecule has 1 aliphatic rings. The Balaban J connectivity index is 2.29. The average molecular weight is 271 g/mol. The molecule has 1 aliphatic carbocycles. The van der Waals surface area contributed by atoms with Crippen LogP contribution in [0, 0.1) is 0 Å². The maximum atomic E-state index is 11.4. The Kier molecular flexibility index (Phi) is 7.44. The lowest BCUT2D eigenvalue weighted by molar-refractivity contribution is -0.136. The molecule has 0 aromatic heterocycles. The predicted octanol–water partition coefficient (Wildman–Crippen LogP) is 2.76. The number of ether oxygens (including phenoxy) is 1. The standard InChI is InChI=1S/C14H25NO2S/c1-4-11(14(16)17-3)8-9-15-12-6-7-13(10-12)18-5-2/h8,12-13,15H,4-7,9-10H2,1-3H3/b11-8-. The van der Waals surface area contributed by atoms with Gasteiger partial charge in [-0.05, 0) is 31.4 Å². The van der Waals surface area contributed by atoms with E-state index in [0.717, 1.165) is 23.8 Å². The van der Waals surface area contributed by atoms with Gasteiger partial charge in [-0.3, -0.25) is 0 Å². The lowest BCUT2D eigenvalue weighted by Gasteiger charge is -2.12. The van der Waals surface area contributed by atoms with Gasteiger partial charge in [0.25, 0.3) is 0 Å². The maximum Gasteiger partial charge on any atom is 0.333 e. The summed E-state index contributed by atoms with van der Waals surface area (Å²) in [5.74, 6) is 1.00. The van der Waals surface area contributed by atoms with Crippen LogP contribution >= 0.6 is 11.8 Å². The van der Waals surface area contributed by atoms with Crippen LogP contribution in [0.15, 0.2) is 11.6 Å². The van der Waals surface area contributed by atoms with Gasteiger partial charge in [-0.25, -0.2) is 4.79 Å². The largest absolute Gasteiger partial charge is 0.466 e. The molecule has 104 valence electrons. The van der Waals surface area contributed by atoms with Crippen molar-refractivity contribution in [2.24, 2.45) is 0 Å². The van der Waals surface area contributed by atoms with Gasteiger partial charge in [-0.15, -0.1) is 0 Å². The summed E-state index contributed by atoms with van der Waals surface area (Å²) < 4.78 is 4.74. The van der Waals surface area contributed by atoms with Gasteiger partial charge in [-0.2, -0.15) is 11.8 Å². The molecule has 2 unspecified atom stereocenters. The highest BCUT2D eigenvalue weighted by molar-refractivity contribution is 7.99. The Morgan fingerprint density at radius 2 is 2.22 bits per heavy atom. The van der Waals surface area contributed by atoms with E-state index in [4.69, 9.17) is 4.74 Å². The van der Waals surface area contributed by atoms with E-state index in [1.807, 2.05) is 13.0 Å². The summed E-state index contributed by atoms with van der Waals surface area (Å²) >= 11 is 2.07. The predicted molar refractivity (Wildman–Crippen MR) is 78.0 cm³/mol. The van der Waals surface area contributed by atoms with Crippen molar-refractivity contribution in [3.8, 4) is 0 Å². The van der Waals surface area contributed by atoms with E-state index in [1.54, 1.807) is 0 Å². The Hall–Kier alpha value is -0.480. The Morgan fingerprint density at radius 1 is 1.44 bits per heavy atom. The number of carbonyl (C=O) groups is 1. The van der Waals surface area contributed by atoms with Crippen LogP contribution in [0.25, 0.3) is 0 Å². The molecular formula is C14H25NO2S. The van der Waals surface area contributed by atoms with Crippen molar-refractivity contribution in [1.29, 1.82) is 0 Å². The molecular weight excluding hydrogens is 246 g/mol. The first-order chi connectivity index (χ1) is 8.71. The van der Waals surface area contributed by atoms with E-state index in [2.05, 4.69) is 24.0 Å². The zero-order valence-corrected chi connectivity index (χ0v) is 12.5. The van der Waals surface area contributed by atoms with Crippen LogP contribution in [-0.4, -0.2) is 36.7 Å². The molecule has 0 radical (unpaired) electrons. The SMILES string of the molecule is CCSC1CCC(NC/C=C(/CC)C(=O)OC)C1. The van der Waals surface area contributed by atoms with Gasteiger partial charge in [0, 0.05) is 23.4 Å². The van der Waals surface area contributed by atoms with E-state index in [9.17, 15) is 4.79 Å². The molecule has 0 spiro atoms. The topological polar surface area (TPSA) is 38.3 Å². The second kappa shape index (κ2) is 8.59. The van der Waals surface area contributed by atoms with Gasteiger partial charge in [-0.1, -0.05) is 19.9 Å². The molecule has 1 fully saturated rings. The zero-order chi connectivity index (χ0) is 13.4. The third kappa shape index (κ3) is 5.02. The van der Waals surface area contributed by atoms with Crippen LogP contribution in [0.2, 0.25) is 0 Å². The molecule has 1 N–H and O–H groups in total. The first-order valence-electron chi connectivity index (χ1n) is 6.83. The summed E-state index contributed by atoms with van der Waals surface area (Å²) in [6, 6.07) is 0.612. The number of rotatable bonds is 7. The Morgan fingerprint density at radius 3 is 2.83 bits per heavy atom. The minimum Gasteiger partial charge on any atom is -0.466 e. The summed E-state index contributed by atoms with van der Waals surface area (Å²) in [7, 11) is 1.43. The third-order valence-electron chi connectivity index (χ3n) is 3.37. The first kappa shape index (κ1) is 15.6. The van der Waals surface area contributed by atoms with Crippen molar-refractivity contribution in [1.82, 2.24) is 5.32 Å². The zero-order valence-electron chi connectivity index (χ0n) is 11.7. The molecule has 3 nitrogen and oxygen atoms in total. The van der Waals surface area contributed by atoms with Crippen LogP contribution < -0.4 is 5.32 Å². The van der Waals surface area contributed by atoms with E-state index in [1.165, 1.54) is 32.1 Å². The lowest BCUT2D eigenvalue weighted by atomic mass is 10.2. The van der Waals surface area contributed by atoms with Gasteiger partial charge < -0.3 is 10.1 Å². The van der Waals surface area contributed by atoms with E-state index in [0.29, 0.717) is 6.04 Å². The highest BCUT2D eigenvalue weighted by atomic mass is 32.2. The number of methoxy groups -OCH3 is 1. The normalized spacial score (nSPS) is 24.3. The number of thioether (sulfide) groups is 1. The van der Waals surface area contributed by atoms with E-state index in [-0.39, 0.29) is 5.97 Å². The molecule has 0 aliphatic heterocycles. The van der Waals surface area contributed by atoms with Crippen molar-refractivity contribution in [3.05, 3.63) is 11.6 Å². The van der Waals surface area contributed by atoms with Gasteiger partial charge in [0.2, 0.25) is 0 Å². The van der Waals surface area contributed by atoms with Crippen LogP contribution in [0.1, 0.15) is 39.5 Å². The molecule has 0 aromatic carbocycles. The smallest absolute Gasteiger partial charge is 0.333 e. The van der Waals surface area contributed by atoms with Crippen LogP contribution in [0.3, 0.4) is 0 Å². The van der Waals surface area contributed by atoms with Crippen molar-refractivity contribution in [2.45, 2.75) is 50.8 Å². The number of hydrogen-bond acceptors (Lipinski definition) is 4. The van der Waals surface area contributed by atoms with Gasteiger partial charge in [0.1, 0.15) is 0 Å². The first-order valence-corrected chi connectivity index (χ1v) is 7.88. The Labute approximate surface area is 115 Å². The fourth-order valence-electron chi connectivity index (χ4n) is 2.36. The van der Waals surface area contributed by atoms with Crippen molar-refractivity contribution >= 4 is 17.7 Å². The number of carbonyl (C=O) groups excluding carboxylic acids is 1. The molecule has 1 rings (SSSR count). The van der Waals surface area contributed by atoms with Crippen molar-refractivity contribution in [3.63, 3.8) is 0 Å². The van der Waals surface area contributed by atoms with Crippen molar-refractivity contribution in [2.75, 3.05) is 19.4 Å². The molecule has 0 heterocycles. The molecule has 0 amide bonds. The lowest BCUT2D eigenvalue weighted by Crippen LogP contribution is -2.27. The molecule has 18 heavy (non-hydrogen) atoms. The van der Waals surface area contributed by atoms with Gasteiger partial charge >= 0.3 is 5.97 Å². The highest BCUT2D eigenvalue weighted by Gasteiger charge is 2.23. The molecule has 0 bridgehead atoms. The highest BCUT2D eigenvalue weighted by Crippen LogP contribution is 2.29. The number of esters is 1. The van der Waals surface area contributed by atoms with Crippen LogP contribution in [0.5, 0.6) is 0 Å². The van der Waals surface area contributed by atoms with E-state index < -0.39 is 0 Å². The number of hydrogen-bond donors (Lipinski definition) is 1. The summed E-state index contributed by atoms with van der Waals surface area (Å²) in [4.78, 5) is 11.4. The third-order valence-corrected chi connectivity index (χ3v) is 4.60. The van der Waals surface area contributed by atoms with Crippen LogP contribution in [0.4, 0.5) is 0 Å². The fraction of sp³-hybridized carbons (Fsp3) is 0.786. The molecule has 0 aromatic rings. The van der Waals surface area contributed by atoms with Gasteiger partial charge in [0.15, 0.2) is 0 Å². The molecule has 4 heteroatoms. The minimum absolute atomic E-state index is 0.204. The van der Waals surface area contributed by atoms with E-state index >= 15 is 0 Å².